The Morgan fingerprint density at radius 3 is 2.75 bits per heavy atom. The number of carboxylic acid groups (broad SMARTS) is 1. The molecule has 0 fully saturated rings. The molecule has 0 saturated heterocycles. The maximum Gasteiger partial charge on any atom is 0.371 e. The van der Waals surface area contributed by atoms with E-state index >= 15 is 0 Å². The van der Waals surface area contributed by atoms with Gasteiger partial charge in [-0.25, -0.2) is 4.79 Å². The number of amides is 1. The van der Waals surface area contributed by atoms with Gasteiger partial charge in [-0.1, -0.05) is 0 Å². The summed E-state index contributed by atoms with van der Waals surface area (Å²) in [5, 5.41) is 14.1. The van der Waals surface area contributed by atoms with Crippen molar-refractivity contribution in [1.29, 1.82) is 0 Å². The highest BCUT2D eigenvalue weighted by molar-refractivity contribution is 5.84. The predicted octanol–water partition coefficient (Wildman–Crippen LogP) is 0.916. The summed E-state index contributed by atoms with van der Waals surface area (Å²) in [6.45, 7) is 2.85. The van der Waals surface area contributed by atoms with Gasteiger partial charge in [0.1, 0.15) is 0 Å². The van der Waals surface area contributed by atoms with Crippen molar-refractivity contribution in [3.8, 4) is 0 Å². The van der Waals surface area contributed by atoms with Crippen LogP contribution in [-0.2, 0) is 4.79 Å². The molecule has 1 amide bonds. The fourth-order valence-electron chi connectivity index (χ4n) is 1.13. The van der Waals surface area contributed by atoms with E-state index in [-0.39, 0.29) is 11.7 Å². The van der Waals surface area contributed by atoms with Crippen LogP contribution in [0.25, 0.3) is 0 Å². The Bertz CT molecular complexity index is 373. The summed E-state index contributed by atoms with van der Waals surface area (Å²) in [5.74, 6) is -0.945. The van der Waals surface area contributed by atoms with Crippen molar-refractivity contribution in [2.24, 2.45) is 0 Å². The number of nitrogens with one attached hydrogen (secondary N) is 2. The van der Waals surface area contributed by atoms with Crippen molar-refractivity contribution < 1.29 is 19.1 Å². The van der Waals surface area contributed by atoms with Gasteiger partial charge in [0.25, 0.3) is 0 Å². The molecule has 0 aromatic carbocycles. The number of anilines is 1. The lowest BCUT2D eigenvalue weighted by molar-refractivity contribution is -0.120. The first-order valence-corrected chi connectivity index (χ1v) is 4.97. The molecule has 1 aromatic heterocycles. The Balaban J connectivity index is 2.32. The van der Waals surface area contributed by atoms with E-state index in [0.29, 0.717) is 25.4 Å². The molecule has 0 aliphatic heterocycles. The molecule has 6 heteroatoms. The Hall–Kier alpha value is -1.98. The van der Waals surface area contributed by atoms with Gasteiger partial charge in [-0.05, 0) is 13.0 Å². The van der Waals surface area contributed by atoms with E-state index in [2.05, 4.69) is 10.6 Å². The molecule has 3 N–H and O–H groups in total. The van der Waals surface area contributed by atoms with Crippen LogP contribution in [-0.4, -0.2) is 30.1 Å². The van der Waals surface area contributed by atoms with Gasteiger partial charge in [0, 0.05) is 25.6 Å². The Morgan fingerprint density at radius 1 is 1.44 bits per heavy atom. The van der Waals surface area contributed by atoms with Crippen LogP contribution in [0.1, 0.15) is 23.9 Å². The third kappa shape index (κ3) is 3.64. The molecule has 0 bridgehead atoms. The first-order valence-electron chi connectivity index (χ1n) is 4.97. The van der Waals surface area contributed by atoms with E-state index in [9.17, 15) is 9.59 Å². The van der Waals surface area contributed by atoms with Crippen LogP contribution in [0, 0.1) is 0 Å². The van der Waals surface area contributed by atoms with Gasteiger partial charge in [0.2, 0.25) is 11.7 Å². The molecule has 1 rings (SSSR count). The summed E-state index contributed by atoms with van der Waals surface area (Å²) in [6, 6.07) is 2.87. The number of hydrogen-bond donors (Lipinski definition) is 3. The lowest BCUT2D eigenvalue weighted by Gasteiger charge is -2.02. The molecule has 0 unspecified atom stereocenters. The third-order valence-corrected chi connectivity index (χ3v) is 1.84. The monoisotopic (exact) mass is 226 g/mol. The molecule has 0 aliphatic carbocycles. The summed E-state index contributed by atoms with van der Waals surface area (Å²) in [4.78, 5) is 21.6. The van der Waals surface area contributed by atoms with E-state index in [1.807, 2.05) is 6.92 Å². The third-order valence-electron chi connectivity index (χ3n) is 1.84. The number of hydrogen-bond acceptors (Lipinski definition) is 4. The maximum absolute atomic E-state index is 11.1. The zero-order valence-corrected chi connectivity index (χ0v) is 8.95. The second-order valence-corrected chi connectivity index (χ2v) is 3.10. The second kappa shape index (κ2) is 5.79. The lowest BCUT2D eigenvalue weighted by Crippen LogP contribution is -2.24. The van der Waals surface area contributed by atoms with Crippen LogP contribution >= 0.6 is 0 Å². The molecule has 1 heterocycles. The Morgan fingerprint density at radius 2 is 2.19 bits per heavy atom. The van der Waals surface area contributed by atoms with E-state index in [1.165, 1.54) is 12.1 Å². The van der Waals surface area contributed by atoms with Crippen molar-refractivity contribution in [3.63, 3.8) is 0 Å². The quantitative estimate of drug-likeness (QED) is 0.670. The predicted molar refractivity (Wildman–Crippen MR) is 57.5 cm³/mol. The standard InChI is InChI=1S/C10H14N2O4/c1-2-11-8(13)5-6-12-9-4-3-7(16-9)10(14)15/h3-4,12H,2,5-6H2,1H3,(H,11,13)(H,14,15). The maximum atomic E-state index is 11.1. The summed E-state index contributed by atoms with van der Waals surface area (Å²) in [5.41, 5.74) is 0. The first-order chi connectivity index (χ1) is 7.63. The van der Waals surface area contributed by atoms with E-state index < -0.39 is 5.97 Å². The zero-order valence-electron chi connectivity index (χ0n) is 8.95. The minimum Gasteiger partial charge on any atom is -0.475 e. The summed E-state index contributed by atoms with van der Waals surface area (Å²) in [7, 11) is 0. The molecule has 0 atom stereocenters. The molecular weight excluding hydrogens is 212 g/mol. The van der Waals surface area contributed by atoms with Gasteiger partial charge in [-0.15, -0.1) is 0 Å². The number of carboxylic acids is 1. The molecule has 0 spiro atoms. The van der Waals surface area contributed by atoms with E-state index in [1.54, 1.807) is 0 Å². The highest BCUT2D eigenvalue weighted by Gasteiger charge is 2.08. The molecule has 88 valence electrons. The van der Waals surface area contributed by atoms with Gasteiger partial charge in [-0.2, -0.15) is 0 Å². The van der Waals surface area contributed by atoms with Gasteiger partial charge < -0.3 is 20.2 Å². The SMILES string of the molecule is CCNC(=O)CCNc1ccc(C(=O)O)o1. The van der Waals surface area contributed by atoms with Crippen LogP contribution in [0.5, 0.6) is 0 Å². The summed E-state index contributed by atoms with van der Waals surface area (Å²) >= 11 is 0. The van der Waals surface area contributed by atoms with Gasteiger partial charge in [0.15, 0.2) is 5.88 Å². The van der Waals surface area contributed by atoms with Crippen molar-refractivity contribution in [1.82, 2.24) is 5.32 Å². The van der Waals surface area contributed by atoms with Crippen LogP contribution in [0.3, 0.4) is 0 Å². The van der Waals surface area contributed by atoms with Gasteiger partial charge in [-0.3, -0.25) is 4.79 Å². The van der Waals surface area contributed by atoms with Crippen molar-refractivity contribution in [2.75, 3.05) is 18.4 Å². The van der Waals surface area contributed by atoms with E-state index in [4.69, 9.17) is 9.52 Å². The van der Waals surface area contributed by atoms with Crippen molar-refractivity contribution in [3.05, 3.63) is 17.9 Å². The number of rotatable bonds is 6. The molecule has 0 aliphatic rings. The molecule has 6 nitrogen and oxygen atoms in total. The van der Waals surface area contributed by atoms with Gasteiger partial charge >= 0.3 is 5.97 Å². The number of furan rings is 1. The van der Waals surface area contributed by atoms with Crippen LogP contribution < -0.4 is 10.6 Å². The topological polar surface area (TPSA) is 91.6 Å². The van der Waals surface area contributed by atoms with Crippen LogP contribution in [0.2, 0.25) is 0 Å². The average Bonchev–Trinajstić information content (AvgIpc) is 2.67. The zero-order chi connectivity index (χ0) is 12.0. The summed E-state index contributed by atoms with van der Waals surface area (Å²) < 4.78 is 4.94. The van der Waals surface area contributed by atoms with E-state index in [0.717, 1.165) is 0 Å². The number of carbonyl (C=O) groups is 2. The van der Waals surface area contributed by atoms with Crippen molar-refractivity contribution in [2.45, 2.75) is 13.3 Å². The highest BCUT2D eigenvalue weighted by Crippen LogP contribution is 2.12. The largest absolute Gasteiger partial charge is 0.475 e. The molecule has 0 radical (unpaired) electrons. The Labute approximate surface area is 92.6 Å². The van der Waals surface area contributed by atoms with Crippen LogP contribution in [0.4, 0.5) is 5.88 Å². The minimum atomic E-state index is -1.11. The smallest absolute Gasteiger partial charge is 0.371 e. The summed E-state index contributed by atoms with van der Waals surface area (Å²) in [6.07, 6.45) is 0.316. The highest BCUT2D eigenvalue weighted by atomic mass is 16.4. The number of aromatic carboxylic acids is 1. The molecular formula is C10H14N2O4. The molecule has 0 saturated carbocycles. The van der Waals surface area contributed by atoms with Crippen molar-refractivity contribution >= 4 is 17.8 Å². The normalized spacial score (nSPS) is 9.81. The first kappa shape index (κ1) is 12.1. The minimum absolute atomic E-state index is 0.0555. The second-order valence-electron chi connectivity index (χ2n) is 3.10. The van der Waals surface area contributed by atoms with Crippen LogP contribution in [0.15, 0.2) is 16.5 Å². The molecule has 16 heavy (non-hydrogen) atoms. The average molecular weight is 226 g/mol. The van der Waals surface area contributed by atoms with Gasteiger partial charge in [0.05, 0.1) is 0 Å². The molecule has 1 aromatic rings. The lowest BCUT2D eigenvalue weighted by atomic mass is 10.4. The fourth-order valence-corrected chi connectivity index (χ4v) is 1.13. The Kier molecular flexibility index (Phi) is 4.38. The number of carbonyl (C=O) groups excluding carboxylic acids is 1. The fraction of sp³-hybridized carbons (Fsp3) is 0.400.